The first kappa shape index (κ1) is 22.0. The van der Waals surface area contributed by atoms with Crippen molar-refractivity contribution in [3.05, 3.63) is 59.9 Å². The van der Waals surface area contributed by atoms with Gasteiger partial charge in [-0.1, -0.05) is 36.4 Å². The molecule has 1 saturated heterocycles. The monoisotopic (exact) mass is 412 g/mol. The molecule has 1 unspecified atom stereocenters. The van der Waals surface area contributed by atoms with Crippen molar-refractivity contribution in [3.63, 3.8) is 0 Å². The predicted molar refractivity (Wildman–Crippen MR) is 114 cm³/mol. The van der Waals surface area contributed by atoms with E-state index in [9.17, 15) is 14.0 Å². The van der Waals surface area contributed by atoms with Crippen LogP contribution in [0.5, 0.6) is 0 Å². The molecule has 2 aromatic carbocycles. The summed E-state index contributed by atoms with van der Waals surface area (Å²) in [6, 6.07) is 14.4. The van der Waals surface area contributed by atoms with Gasteiger partial charge in [0.15, 0.2) is 0 Å². The van der Waals surface area contributed by atoms with E-state index < -0.39 is 5.41 Å². The minimum atomic E-state index is -0.645. The smallest absolute Gasteiger partial charge is 0.230 e. The molecule has 0 aromatic heterocycles. The van der Waals surface area contributed by atoms with Gasteiger partial charge in [-0.3, -0.25) is 9.59 Å². The largest absolute Gasteiger partial charge is 0.384 e. The lowest BCUT2D eigenvalue weighted by Gasteiger charge is -2.31. The number of carbonyl (C=O) groups excluding carboxylic acids is 2. The average molecular weight is 413 g/mol. The Morgan fingerprint density at radius 3 is 2.53 bits per heavy atom. The number of hydrogen-bond acceptors (Lipinski definition) is 3. The molecule has 0 bridgehead atoms. The van der Waals surface area contributed by atoms with Crippen molar-refractivity contribution in [2.45, 2.75) is 19.3 Å². The molecular formula is C24H29FN2O3. The zero-order valence-corrected chi connectivity index (χ0v) is 17.9. The van der Waals surface area contributed by atoms with E-state index in [0.717, 1.165) is 16.7 Å². The lowest BCUT2D eigenvalue weighted by molar-refractivity contribution is -0.139. The van der Waals surface area contributed by atoms with Crippen LogP contribution >= 0.6 is 0 Å². The molecule has 2 amide bonds. The molecule has 160 valence electrons. The maximum atomic E-state index is 13.3. The Labute approximate surface area is 177 Å². The third-order valence-corrected chi connectivity index (χ3v) is 5.73. The van der Waals surface area contributed by atoms with Crippen LogP contribution in [-0.4, -0.2) is 62.5 Å². The molecule has 6 heteroatoms. The minimum Gasteiger partial charge on any atom is -0.384 e. The highest BCUT2D eigenvalue weighted by atomic mass is 19.1. The number of rotatable bonds is 7. The molecule has 3 rings (SSSR count). The van der Waals surface area contributed by atoms with Gasteiger partial charge in [0.1, 0.15) is 5.82 Å². The Bertz CT molecular complexity index is 898. The highest BCUT2D eigenvalue weighted by Crippen LogP contribution is 2.37. The summed E-state index contributed by atoms with van der Waals surface area (Å²) in [6.45, 7) is 1.36. The van der Waals surface area contributed by atoms with Crippen LogP contribution in [-0.2, 0) is 20.7 Å². The number of hydrogen-bond donors (Lipinski definition) is 0. The van der Waals surface area contributed by atoms with Gasteiger partial charge in [-0.05, 0) is 41.7 Å². The van der Waals surface area contributed by atoms with E-state index in [2.05, 4.69) is 0 Å². The third kappa shape index (κ3) is 4.87. The van der Waals surface area contributed by atoms with Gasteiger partial charge in [-0.15, -0.1) is 0 Å². The summed E-state index contributed by atoms with van der Waals surface area (Å²) in [6.07, 6.45) is 1.50. The number of benzene rings is 2. The van der Waals surface area contributed by atoms with Crippen molar-refractivity contribution in [1.82, 2.24) is 9.80 Å². The Morgan fingerprint density at radius 1 is 1.13 bits per heavy atom. The maximum Gasteiger partial charge on any atom is 0.230 e. The molecule has 1 aliphatic rings. The second-order valence-electron chi connectivity index (χ2n) is 8.17. The van der Waals surface area contributed by atoms with Crippen LogP contribution in [0, 0.1) is 11.2 Å². The van der Waals surface area contributed by atoms with Crippen LogP contribution in [0.15, 0.2) is 48.5 Å². The van der Waals surface area contributed by atoms with Gasteiger partial charge >= 0.3 is 0 Å². The molecular weight excluding hydrogens is 383 g/mol. The summed E-state index contributed by atoms with van der Waals surface area (Å²) in [7, 11) is 5.09. The number of likely N-dealkylation sites (tertiary alicyclic amines) is 1. The molecule has 1 atom stereocenters. The van der Waals surface area contributed by atoms with Gasteiger partial charge in [0, 0.05) is 34.3 Å². The molecule has 5 nitrogen and oxygen atoms in total. The summed E-state index contributed by atoms with van der Waals surface area (Å²) < 4.78 is 18.3. The lowest BCUT2D eigenvalue weighted by Crippen LogP contribution is -2.44. The number of nitrogens with zero attached hydrogens (tertiary/aromatic N) is 2. The van der Waals surface area contributed by atoms with Crippen molar-refractivity contribution < 1.29 is 18.7 Å². The van der Waals surface area contributed by atoms with Gasteiger partial charge in [0.2, 0.25) is 11.8 Å². The van der Waals surface area contributed by atoms with Gasteiger partial charge in [0.05, 0.1) is 18.4 Å². The normalized spacial score (nSPS) is 18.5. The molecule has 1 fully saturated rings. The van der Waals surface area contributed by atoms with Gasteiger partial charge in [0.25, 0.3) is 0 Å². The van der Waals surface area contributed by atoms with E-state index in [0.29, 0.717) is 39.0 Å². The van der Waals surface area contributed by atoms with Crippen LogP contribution in [0.2, 0.25) is 0 Å². The fourth-order valence-electron chi connectivity index (χ4n) is 4.20. The molecule has 0 radical (unpaired) electrons. The Balaban J connectivity index is 1.84. The molecule has 2 aromatic rings. The molecule has 1 aliphatic heterocycles. The minimum absolute atomic E-state index is 0.0188. The van der Waals surface area contributed by atoms with E-state index in [4.69, 9.17) is 4.74 Å². The second kappa shape index (κ2) is 9.39. The van der Waals surface area contributed by atoms with E-state index in [-0.39, 0.29) is 17.6 Å². The number of ether oxygens (including phenoxy) is 1. The average Bonchev–Trinajstić information content (AvgIpc) is 3.17. The molecule has 0 saturated carbocycles. The number of amides is 2. The molecule has 30 heavy (non-hydrogen) atoms. The number of halogens is 1. The molecule has 0 aliphatic carbocycles. The predicted octanol–water partition coefficient (Wildman–Crippen LogP) is 3.38. The summed E-state index contributed by atoms with van der Waals surface area (Å²) in [5, 5.41) is 0. The zero-order valence-electron chi connectivity index (χ0n) is 17.9. The maximum absolute atomic E-state index is 13.3. The van der Waals surface area contributed by atoms with Gasteiger partial charge in [-0.2, -0.15) is 0 Å². The van der Waals surface area contributed by atoms with E-state index in [1.807, 2.05) is 24.3 Å². The van der Waals surface area contributed by atoms with Gasteiger partial charge in [-0.25, -0.2) is 4.39 Å². The van der Waals surface area contributed by atoms with Crippen LogP contribution in [0.3, 0.4) is 0 Å². The summed E-state index contributed by atoms with van der Waals surface area (Å²) in [4.78, 5) is 29.1. The van der Waals surface area contributed by atoms with Crippen LogP contribution in [0.25, 0.3) is 11.1 Å². The Hall–Kier alpha value is -2.73. The molecule has 0 spiro atoms. The number of methoxy groups -OCH3 is 1. The Morgan fingerprint density at radius 2 is 1.87 bits per heavy atom. The van der Waals surface area contributed by atoms with Crippen LogP contribution in [0.4, 0.5) is 4.39 Å². The van der Waals surface area contributed by atoms with Crippen molar-refractivity contribution in [2.24, 2.45) is 5.41 Å². The van der Waals surface area contributed by atoms with Gasteiger partial charge < -0.3 is 14.5 Å². The van der Waals surface area contributed by atoms with E-state index in [1.54, 1.807) is 43.1 Å². The topological polar surface area (TPSA) is 49.9 Å². The van der Waals surface area contributed by atoms with Crippen molar-refractivity contribution in [2.75, 3.05) is 40.9 Å². The fourth-order valence-corrected chi connectivity index (χ4v) is 4.20. The van der Waals surface area contributed by atoms with Crippen LogP contribution in [0.1, 0.15) is 18.4 Å². The Kier molecular flexibility index (Phi) is 6.87. The standard InChI is InChI=1S/C24H29FN2O3/c1-26(2)23(29)24(12-13-27(17-24)22(28)11-14-30-3)16-18-5-4-6-20(15-18)19-7-9-21(25)10-8-19/h4-10,15H,11-14,16-17H2,1-3H3. The summed E-state index contributed by atoms with van der Waals surface area (Å²) in [5.41, 5.74) is 2.28. The van der Waals surface area contributed by atoms with E-state index >= 15 is 0 Å². The second-order valence-corrected chi connectivity index (χ2v) is 8.17. The lowest BCUT2D eigenvalue weighted by atomic mass is 9.79. The molecule has 1 heterocycles. The highest BCUT2D eigenvalue weighted by molar-refractivity contribution is 5.85. The van der Waals surface area contributed by atoms with Crippen molar-refractivity contribution >= 4 is 11.8 Å². The zero-order chi connectivity index (χ0) is 21.7. The first-order valence-electron chi connectivity index (χ1n) is 10.2. The summed E-state index contributed by atoms with van der Waals surface area (Å²) >= 11 is 0. The summed E-state index contributed by atoms with van der Waals surface area (Å²) in [5.74, 6) is -0.211. The first-order chi connectivity index (χ1) is 14.3. The van der Waals surface area contributed by atoms with Crippen molar-refractivity contribution in [1.29, 1.82) is 0 Å². The fraction of sp³-hybridized carbons (Fsp3) is 0.417. The quantitative estimate of drug-likeness (QED) is 0.701. The number of carbonyl (C=O) groups is 2. The van der Waals surface area contributed by atoms with Crippen LogP contribution < -0.4 is 0 Å². The highest BCUT2D eigenvalue weighted by Gasteiger charge is 2.46. The van der Waals surface area contributed by atoms with E-state index in [1.165, 1.54) is 12.1 Å². The first-order valence-corrected chi connectivity index (χ1v) is 10.2. The third-order valence-electron chi connectivity index (χ3n) is 5.73. The van der Waals surface area contributed by atoms with Crippen molar-refractivity contribution in [3.8, 4) is 11.1 Å². The SMILES string of the molecule is COCCC(=O)N1CCC(Cc2cccc(-c3ccc(F)cc3)c2)(C(=O)N(C)C)C1. The molecule has 0 N–H and O–H groups in total.